The molecule has 0 spiro atoms. The van der Waals surface area contributed by atoms with E-state index in [1.807, 2.05) is 6.92 Å². The first-order valence-electron chi connectivity index (χ1n) is 4.61. The molecule has 1 rings (SSSR count). The molecule has 82 valence electrons. The summed E-state index contributed by atoms with van der Waals surface area (Å²) in [5, 5.41) is 0.420. The molecule has 0 aliphatic rings. The number of esters is 1. The fourth-order valence-electron chi connectivity index (χ4n) is 1.31. The Bertz CT molecular complexity index is 357. The monoisotopic (exact) mass is 228 g/mol. The number of carbonyl (C=O) groups excluding carboxylic acids is 1. The van der Waals surface area contributed by atoms with Gasteiger partial charge in [0.15, 0.2) is 0 Å². The summed E-state index contributed by atoms with van der Waals surface area (Å²) >= 11 is 5.96. The molecule has 0 atom stereocenters. The Balaban J connectivity index is 2.81. The molecule has 0 aliphatic heterocycles. The van der Waals surface area contributed by atoms with Gasteiger partial charge >= 0.3 is 5.97 Å². The molecule has 0 amide bonds. The van der Waals surface area contributed by atoms with E-state index in [9.17, 15) is 4.79 Å². The van der Waals surface area contributed by atoms with Crippen molar-refractivity contribution in [1.29, 1.82) is 0 Å². The Labute approximate surface area is 93.6 Å². The maximum absolute atomic E-state index is 11.0. The van der Waals surface area contributed by atoms with Crippen LogP contribution in [0.2, 0.25) is 5.15 Å². The second-order valence-electron chi connectivity index (χ2n) is 3.20. The van der Waals surface area contributed by atoms with Crippen molar-refractivity contribution in [3.05, 3.63) is 22.2 Å². The minimum absolute atomic E-state index is 0.258. The van der Waals surface area contributed by atoms with Crippen molar-refractivity contribution in [2.24, 2.45) is 0 Å². The van der Waals surface area contributed by atoms with Crippen molar-refractivity contribution in [2.75, 3.05) is 7.11 Å². The van der Waals surface area contributed by atoms with Crippen LogP contribution in [0.4, 0.5) is 0 Å². The highest BCUT2D eigenvalue weighted by Crippen LogP contribution is 2.18. The highest BCUT2D eigenvalue weighted by Gasteiger charge is 2.10. The van der Waals surface area contributed by atoms with Gasteiger partial charge in [0.05, 0.1) is 7.11 Å². The number of carbonyl (C=O) groups is 1. The smallest absolute Gasteiger partial charge is 0.305 e. The van der Waals surface area contributed by atoms with E-state index < -0.39 is 0 Å². The van der Waals surface area contributed by atoms with Crippen LogP contribution in [0.1, 0.15) is 23.5 Å². The zero-order valence-corrected chi connectivity index (χ0v) is 9.76. The fourth-order valence-corrected chi connectivity index (χ4v) is 1.66. The van der Waals surface area contributed by atoms with E-state index in [4.69, 9.17) is 11.6 Å². The van der Waals surface area contributed by atoms with Crippen molar-refractivity contribution in [3.8, 4) is 0 Å². The number of hydrogen-bond donors (Lipinski definition) is 0. The Morgan fingerprint density at radius 3 is 2.60 bits per heavy atom. The molecule has 0 radical (unpaired) electrons. The first-order chi connectivity index (χ1) is 7.04. The standard InChI is InChI=1S/C10H13ClN2O2/c1-6-8(4-5-9(14)15-3)10(11)13-7(2)12-6/h4-5H2,1-3H3. The van der Waals surface area contributed by atoms with Gasteiger partial charge in [0.2, 0.25) is 0 Å². The average molecular weight is 229 g/mol. The van der Waals surface area contributed by atoms with E-state index >= 15 is 0 Å². The van der Waals surface area contributed by atoms with Crippen LogP contribution in [-0.2, 0) is 16.0 Å². The molecule has 4 nitrogen and oxygen atoms in total. The van der Waals surface area contributed by atoms with E-state index in [1.165, 1.54) is 7.11 Å². The fraction of sp³-hybridized carbons (Fsp3) is 0.500. The highest BCUT2D eigenvalue weighted by molar-refractivity contribution is 6.30. The van der Waals surface area contributed by atoms with Crippen molar-refractivity contribution < 1.29 is 9.53 Å². The van der Waals surface area contributed by atoms with Gasteiger partial charge in [-0.15, -0.1) is 0 Å². The van der Waals surface area contributed by atoms with Gasteiger partial charge in [-0.2, -0.15) is 0 Å². The van der Waals surface area contributed by atoms with Crippen LogP contribution in [0, 0.1) is 13.8 Å². The Kier molecular flexibility index (Phi) is 4.03. The van der Waals surface area contributed by atoms with Crippen molar-refractivity contribution in [3.63, 3.8) is 0 Å². The van der Waals surface area contributed by atoms with Gasteiger partial charge in [0.1, 0.15) is 11.0 Å². The van der Waals surface area contributed by atoms with Gasteiger partial charge < -0.3 is 4.74 Å². The van der Waals surface area contributed by atoms with E-state index in [0.29, 0.717) is 23.8 Å². The maximum Gasteiger partial charge on any atom is 0.305 e. The number of ether oxygens (including phenoxy) is 1. The first-order valence-corrected chi connectivity index (χ1v) is 4.98. The molecule has 0 N–H and O–H groups in total. The van der Waals surface area contributed by atoms with E-state index in [-0.39, 0.29) is 5.97 Å². The molecule has 1 aromatic heterocycles. The van der Waals surface area contributed by atoms with Crippen LogP contribution in [0.25, 0.3) is 0 Å². The number of halogens is 1. The van der Waals surface area contributed by atoms with Crippen molar-refractivity contribution in [2.45, 2.75) is 26.7 Å². The number of methoxy groups -OCH3 is 1. The predicted molar refractivity (Wildman–Crippen MR) is 56.9 cm³/mol. The molecule has 1 heterocycles. The molecule has 0 bridgehead atoms. The van der Waals surface area contributed by atoms with E-state index in [1.54, 1.807) is 6.92 Å². The Morgan fingerprint density at radius 2 is 2.07 bits per heavy atom. The number of nitrogens with zero attached hydrogens (tertiary/aromatic N) is 2. The van der Waals surface area contributed by atoms with E-state index in [0.717, 1.165) is 11.3 Å². The summed E-state index contributed by atoms with van der Waals surface area (Å²) in [5.41, 5.74) is 1.63. The molecule has 0 fully saturated rings. The van der Waals surface area contributed by atoms with Crippen LogP contribution < -0.4 is 0 Å². The molecule has 0 aromatic carbocycles. The third-order valence-electron chi connectivity index (χ3n) is 2.08. The zero-order valence-electron chi connectivity index (χ0n) is 9.00. The molecule has 0 aliphatic carbocycles. The van der Waals surface area contributed by atoms with E-state index in [2.05, 4.69) is 14.7 Å². The highest BCUT2D eigenvalue weighted by atomic mass is 35.5. The molecule has 0 saturated carbocycles. The summed E-state index contributed by atoms with van der Waals surface area (Å²) in [6.45, 7) is 3.64. The lowest BCUT2D eigenvalue weighted by Gasteiger charge is -2.06. The lowest BCUT2D eigenvalue weighted by atomic mass is 10.1. The van der Waals surface area contributed by atoms with Gasteiger partial charge in [-0.25, -0.2) is 9.97 Å². The number of hydrogen-bond acceptors (Lipinski definition) is 4. The van der Waals surface area contributed by atoms with Gasteiger partial charge in [0.25, 0.3) is 0 Å². The van der Waals surface area contributed by atoms with Gasteiger partial charge in [-0.1, -0.05) is 11.6 Å². The van der Waals surface area contributed by atoms with Crippen LogP contribution in [0.3, 0.4) is 0 Å². The zero-order chi connectivity index (χ0) is 11.4. The van der Waals surface area contributed by atoms with Gasteiger partial charge in [-0.05, 0) is 20.3 Å². The summed E-state index contributed by atoms with van der Waals surface area (Å²) in [5.74, 6) is 0.380. The molecular formula is C10H13ClN2O2. The van der Waals surface area contributed by atoms with Crippen LogP contribution in [0.5, 0.6) is 0 Å². The second-order valence-corrected chi connectivity index (χ2v) is 3.56. The first kappa shape index (κ1) is 11.9. The number of aryl methyl sites for hydroxylation is 2. The van der Waals surface area contributed by atoms with Crippen LogP contribution in [-0.4, -0.2) is 23.0 Å². The molecule has 0 saturated heterocycles. The molecule has 1 aromatic rings. The lowest BCUT2D eigenvalue weighted by Crippen LogP contribution is -2.05. The number of rotatable bonds is 3. The molecular weight excluding hydrogens is 216 g/mol. The minimum Gasteiger partial charge on any atom is -0.469 e. The van der Waals surface area contributed by atoms with Crippen LogP contribution in [0.15, 0.2) is 0 Å². The summed E-state index contributed by atoms with van der Waals surface area (Å²) in [4.78, 5) is 19.2. The third kappa shape index (κ3) is 3.16. The molecule has 0 unspecified atom stereocenters. The normalized spacial score (nSPS) is 10.1. The molecule has 5 heteroatoms. The average Bonchev–Trinajstić information content (AvgIpc) is 2.15. The van der Waals surface area contributed by atoms with Gasteiger partial charge in [0, 0.05) is 17.7 Å². The SMILES string of the molecule is COC(=O)CCc1c(C)nc(C)nc1Cl. The lowest BCUT2D eigenvalue weighted by molar-refractivity contribution is -0.140. The maximum atomic E-state index is 11.0. The summed E-state index contributed by atoms with van der Waals surface area (Å²) in [7, 11) is 1.36. The quantitative estimate of drug-likeness (QED) is 0.585. The third-order valence-corrected chi connectivity index (χ3v) is 2.39. The Hall–Kier alpha value is -1.16. The minimum atomic E-state index is -0.258. The Morgan fingerprint density at radius 1 is 1.40 bits per heavy atom. The number of aromatic nitrogens is 2. The van der Waals surface area contributed by atoms with Gasteiger partial charge in [-0.3, -0.25) is 4.79 Å². The van der Waals surface area contributed by atoms with Crippen molar-refractivity contribution in [1.82, 2.24) is 9.97 Å². The summed E-state index contributed by atoms with van der Waals surface area (Å²) in [6.07, 6.45) is 0.807. The molecule has 15 heavy (non-hydrogen) atoms. The summed E-state index contributed by atoms with van der Waals surface area (Å²) < 4.78 is 4.55. The second kappa shape index (κ2) is 5.07. The summed E-state index contributed by atoms with van der Waals surface area (Å²) in [6, 6.07) is 0. The largest absolute Gasteiger partial charge is 0.469 e. The predicted octanol–water partition coefficient (Wildman–Crippen LogP) is 1.85. The van der Waals surface area contributed by atoms with Crippen molar-refractivity contribution >= 4 is 17.6 Å². The topological polar surface area (TPSA) is 52.1 Å². The van der Waals surface area contributed by atoms with Crippen LogP contribution >= 0.6 is 11.6 Å².